The Bertz CT molecular complexity index is 975. The van der Waals surface area contributed by atoms with Gasteiger partial charge in [0.2, 0.25) is 15.9 Å². The molecule has 1 aliphatic rings. The van der Waals surface area contributed by atoms with Crippen LogP contribution >= 0.6 is 0 Å². The summed E-state index contributed by atoms with van der Waals surface area (Å²) < 4.78 is 44.1. The summed E-state index contributed by atoms with van der Waals surface area (Å²) in [6.07, 6.45) is 1.83. The van der Waals surface area contributed by atoms with Gasteiger partial charge >= 0.3 is 0 Å². The first-order valence-corrected chi connectivity index (χ1v) is 11.5. The van der Waals surface area contributed by atoms with Crippen molar-refractivity contribution in [3.8, 4) is 11.5 Å². The molecule has 1 heterocycles. The number of amides is 1. The molecule has 1 fully saturated rings. The van der Waals surface area contributed by atoms with Crippen LogP contribution in [0.4, 0.5) is 0 Å². The summed E-state index contributed by atoms with van der Waals surface area (Å²) in [4.78, 5) is 12.6. The molecular weight excluding hydrogens is 420 g/mol. The van der Waals surface area contributed by atoms with Gasteiger partial charge in [0.25, 0.3) is 0 Å². The first kappa shape index (κ1) is 23.1. The van der Waals surface area contributed by atoms with Crippen LogP contribution in [0, 0.1) is 0 Å². The molecule has 0 bridgehead atoms. The lowest BCUT2D eigenvalue weighted by atomic mass is 10.2. The summed E-state index contributed by atoms with van der Waals surface area (Å²) in [5.41, 5.74) is 0.769. The van der Waals surface area contributed by atoms with Gasteiger partial charge in [-0.3, -0.25) is 4.79 Å². The molecule has 0 saturated carbocycles. The fourth-order valence-corrected chi connectivity index (χ4v) is 4.91. The van der Waals surface area contributed by atoms with Gasteiger partial charge < -0.3 is 19.5 Å². The molecule has 1 saturated heterocycles. The molecule has 0 aromatic heterocycles. The van der Waals surface area contributed by atoms with E-state index in [1.807, 2.05) is 30.3 Å². The number of hydrogen-bond acceptors (Lipinski definition) is 6. The Labute approximate surface area is 183 Å². The summed E-state index contributed by atoms with van der Waals surface area (Å²) in [7, 11) is -1.16. The van der Waals surface area contributed by atoms with Gasteiger partial charge in [0.05, 0.1) is 26.9 Å². The largest absolute Gasteiger partial charge is 0.497 e. The zero-order valence-electron chi connectivity index (χ0n) is 17.7. The quantitative estimate of drug-likeness (QED) is 0.599. The topological polar surface area (TPSA) is 94.2 Å². The third-order valence-electron chi connectivity index (χ3n) is 5.06. The van der Waals surface area contributed by atoms with E-state index in [1.54, 1.807) is 6.07 Å². The second-order valence-corrected chi connectivity index (χ2v) is 9.12. The molecule has 0 spiro atoms. The van der Waals surface area contributed by atoms with E-state index in [9.17, 15) is 13.2 Å². The first-order chi connectivity index (χ1) is 14.9. The molecule has 168 valence electrons. The monoisotopic (exact) mass is 448 g/mol. The molecule has 0 unspecified atom stereocenters. The number of carbonyl (C=O) groups excluding carboxylic acids is 1. The van der Waals surface area contributed by atoms with Crippen molar-refractivity contribution in [3.63, 3.8) is 0 Å². The van der Waals surface area contributed by atoms with Crippen LogP contribution < -0.4 is 14.8 Å². The van der Waals surface area contributed by atoms with Crippen molar-refractivity contribution in [2.45, 2.75) is 30.4 Å². The van der Waals surface area contributed by atoms with Gasteiger partial charge in [0.1, 0.15) is 16.4 Å². The standard InChI is InChI=1S/C22H28N2O6S/c1-28-18-10-11-21(20(13-18)29-2)31(26,27)24(15-17-7-4-3-5-8-17)16-22(25)23-14-19-9-6-12-30-19/h3-5,7-8,10-11,13,19H,6,9,12,14-16H2,1-2H3,(H,23,25)/t19-/m1/s1. The average molecular weight is 449 g/mol. The number of nitrogens with zero attached hydrogens (tertiary/aromatic N) is 1. The minimum atomic E-state index is -4.04. The maximum atomic E-state index is 13.5. The minimum absolute atomic E-state index is 0.0233. The normalized spacial score (nSPS) is 16.3. The SMILES string of the molecule is COc1ccc(S(=O)(=O)N(CC(=O)NC[C@H]2CCCO2)Cc2ccccc2)c(OC)c1. The summed E-state index contributed by atoms with van der Waals surface area (Å²) in [6.45, 7) is 0.779. The Hall–Kier alpha value is -2.62. The van der Waals surface area contributed by atoms with Crippen LogP contribution in [0.3, 0.4) is 0 Å². The molecule has 1 atom stereocenters. The lowest BCUT2D eigenvalue weighted by Crippen LogP contribution is -2.42. The molecule has 0 aliphatic carbocycles. The predicted molar refractivity (Wildman–Crippen MR) is 116 cm³/mol. The predicted octanol–water partition coefficient (Wildman–Crippen LogP) is 2.19. The van der Waals surface area contributed by atoms with Crippen LogP contribution in [-0.4, -0.2) is 58.7 Å². The Morgan fingerprint density at radius 2 is 1.94 bits per heavy atom. The Kier molecular flexibility index (Phi) is 7.89. The third-order valence-corrected chi connectivity index (χ3v) is 6.89. The Balaban J connectivity index is 1.84. The number of hydrogen-bond donors (Lipinski definition) is 1. The van der Waals surface area contributed by atoms with Gasteiger partial charge in [-0.05, 0) is 30.5 Å². The Morgan fingerprint density at radius 1 is 1.16 bits per heavy atom. The number of methoxy groups -OCH3 is 2. The van der Waals surface area contributed by atoms with Crippen molar-refractivity contribution >= 4 is 15.9 Å². The van der Waals surface area contributed by atoms with Gasteiger partial charge in [0, 0.05) is 25.8 Å². The summed E-state index contributed by atoms with van der Waals surface area (Å²) in [5, 5.41) is 2.79. The highest BCUT2D eigenvalue weighted by Gasteiger charge is 2.30. The zero-order valence-corrected chi connectivity index (χ0v) is 18.6. The smallest absolute Gasteiger partial charge is 0.247 e. The molecule has 0 radical (unpaired) electrons. The van der Waals surface area contributed by atoms with E-state index in [2.05, 4.69) is 5.32 Å². The summed E-state index contributed by atoms with van der Waals surface area (Å²) in [6, 6.07) is 13.6. The van der Waals surface area contributed by atoms with Crippen LogP contribution in [0.1, 0.15) is 18.4 Å². The maximum Gasteiger partial charge on any atom is 0.247 e. The fraction of sp³-hybridized carbons (Fsp3) is 0.409. The lowest BCUT2D eigenvalue weighted by Gasteiger charge is -2.23. The van der Waals surface area contributed by atoms with Gasteiger partial charge in [-0.25, -0.2) is 8.42 Å². The molecule has 1 N–H and O–H groups in total. The molecule has 3 rings (SSSR count). The number of ether oxygens (including phenoxy) is 3. The van der Waals surface area contributed by atoms with Gasteiger partial charge in [-0.1, -0.05) is 30.3 Å². The van der Waals surface area contributed by atoms with Gasteiger partial charge in [0.15, 0.2) is 0 Å². The van der Waals surface area contributed by atoms with Crippen molar-refractivity contribution in [1.82, 2.24) is 9.62 Å². The third kappa shape index (κ3) is 5.96. The fourth-order valence-electron chi connectivity index (χ4n) is 3.39. The van der Waals surface area contributed by atoms with E-state index in [4.69, 9.17) is 14.2 Å². The molecule has 2 aromatic carbocycles. The molecule has 31 heavy (non-hydrogen) atoms. The highest BCUT2D eigenvalue weighted by atomic mass is 32.2. The summed E-state index contributed by atoms with van der Waals surface area (Å²) in [5.74, 6) is 0.236. The van der Waals surface area contributed by atoms with E-state index in [1.165, 1.54) is 26.4 Å². The van der Waals surface area contributed by atoms with Crippen molar-refractivity contribution in [1.29, 1.82) is 0 Å². The Morgan fingerprint density at radius 3 is 2.58 bits per heavy atom. The second kappa shape index (κ2) is 10.6. The lowest BCUT2D eigenvalue weighted by molar-refractivity contribution is -0.121. The molecule has 8 nitrogen and oxygen atoms in total. The highest BCUT2D eigenvalue weighted by Crippen LogP contribution is 2.31. The van der Waals surface area contributed by atoms with Crippen LogP contribution in [0.25, 0.3) is 0 Å². The zero-order chi connectivity index (χ0) is 22.3. The number of benzene rings is 2. The highest BCUT2D eigenvalue weighted by molar-refractivity contribution is 7.89. The number of sulfonamides is 1. The van der Waals surface area contributed by atoms with Crippen molar-refractivity contribution in [2.24, 2.45) is 0 Å². The summed E-state index contributed by atoms with van der Waals surface area (Å²) >= 11 is 0. The van der Waals surface area contributed by atoms with E-state index in [0.29, 0.717) is 18.9 Å². The number of carbonyl (C=O) groups is 1. The average Bonchev–Trinajstić information content (AvgIpc) is 3.31. The first-order valence-electron chi connectivity index (χ1n) is 10.1. The van der Waals surface area contributed by atoms with Crippen LogP contribution in [0.15, 0.2) is 53.4 Å². The van der Waals surface area contributed by atoms with E-state index in [-0.39, 0.29) is 35.7 Å². The number of rotatable bonds is 10. The van der Waals surface area contributed by atoms with Crippen LogP contribution in [0.2, 0.25) is 0 Å². The van der Waals surface area contributed by atoms with Gasteiger partial charge in [-0.15, -0.1) is 0 Å². The van der Waals surface area contributed by atoms with E-state index in [0.717, 1.165) is 22.7 Å². The molecule has 1 amide bonds. The second-order valence-electron chi connectivity index (χ2n) is 7.21. The molecule has 9 heteroatoms. The van der Waals surface area contributed by atoms with Crippen molar-refractivity contribution < 1.29 is 27.4 Å². The van der Waals surface area contributed by atoms with E-state index < -0.39 is 10.0 Å². The van der Waals surface area contributed by atoms with E-state index >= 15 is 0 Å². The minimum Gasteiger partial charge on any atom is -0.497 e. The molecule has 1 aliphatic heterocycles. The van der Waals surface area contributed by atoms with Gasteiger partial charge in [-0.2, -0.15) is 4.31 Å². The maximum absolute atomic E-state index is 13.5. The van der Waals surface area contributed by atoms with Crippen molar-refractivity contribution in [2.75, 3.05) is 33.9 Å². The van der Waals surface area contributed by atoms with Crippen LogP contribution in [-0.2, 0) is 26.1 Å². The van der Waals surface area contributed by atoms with Crippen LogP contribution in [0.5, 0.6) is 11.5 Å². The molecular formula is C22H28N2O6S. The van der Waals surface area contributed by atoms with Crippen molar-refractivity contribution in [3.05, 3.63) is 54.1 Å². The molecule has 2 aromatic rings. The number of nitrogens with one attached hydrogen (secondary N) is 1.